The van der Waals surface area contributed by atoms with Gasteiger partial charge in [-0.15, -0.1) is 0 Å². The highest BCUT2D eigenvalue weighted by Gasteiger charge is 2.44. The molecule has 0 bridgehead atoms. The Labute approximate surface area is 114 Å². The molecule has 1 saturated carbocycles. The van der Waals surface area contributed by atoms with Crippen LogP contribution in [0.2, 0.25) is 0 Å². The number of pyridine rings is 1. The molecule has 2 rings (SSSR count). The molecule has 9 heteroatoms. The van der Waals surface area contributed by atoms with E-state index < -0.39 is 28.8 Å². The standard InChI is InChI=1S/C11H14F3N3O2S/c12-11(13,14)7-17(9-2-3-9)20(18,19)10-4-1-8(5-15)16-6-10/h1,4,6,9H,2-3,5,7,15H2. The molecular formula is C11H14F3N3O2S. The van der Waals surface area contributed by atoms with Gasteiger partial charge in [0.05, 0.1) is 5.69 Å². The van der Waals surface area contributed by atoms with Gasteiger partial charge in [-0.25, -0.2) is 8.42 Å². The molecule has 0 aromatic carbocycles. The van der Waals surface area contributed by atoms with Gasteiger partial charge in [0.25, 0.3) is 0 Å². The second-order valence-corrected chi connectivity index (χ2v) is 6.48. The Balaban J connectivity index is 2.29. The summed E-state index contributed by atoms with van der Waals surface area (Å²) >= 11 is 0. The van der Waals surface area contributed by atoms with Crippen LogP contribution in [0.1, 0.15) is 18.5 Å². The summed E-state index contributed by atoms with van der Waals surface area (Å²) in [6.07, 6.45) is -2.63. The Morgan fingerprint density at radius 3 is 2.40 bits per heavy atom. The molecule has 1 aliphatic rings. The number of sulfonamides is 1. The van der Waals surface area contributed by atoms with Gasteiger partial charge < -0.3 is 5.73 Å². The molecular weight excluding hydrogens is 295 g/mol. The first-order chi connectivity index (χ1) is 9.24. The van der Waals surface area contributed by atoms with Crippen molar-refractivity contribution < 1.29 is 21.6 Å². The molecule has 1 heterocycles. The van der Waals surface area contributed by atoms with Gasteiger partial charge >= 0.3 is 6.18 Å². The van der Waals surface area contributed by atoms with Crippen molar-refractivity contribution in [2.45, 2.75) is 36.5 Å². The SMILES string of the molecule is NCc1ccc(S(=O)(=O)N(CC(F)(F)F)C2CC2)cn1. The van der Waals surface area contributed by atoms with Gasteiger partial charge in [0, 0.05) is 18.8 Å². The van der Waals surface area contributed by atoms with Crippen molar-refractivity contribution >= 4 is 10.0 Å². The van der Waals surface area contributed by atoms with E-state index in [0.717, 1.165) is 6.20 Å². The Kier molecular flexibility index (Phi) is 4.03. The average molecular weight is 309 g/mol. The smallest absolute Gasteiger partial charge is 0.325 e. The largest absolute Gasteiger partial charge is 0.402 e. The number of aromatic nitrogens is 1. The molecule has 1 fully saturated rings. The molecule has 5 nitrogen and oxygen atoms in total. The van der Waals surface area contributed by atoms with Crippen molar-refractivity contribution in [2.24, 2.45) is 5.73 Å². The summed E-state index contributed by atoms with van der Waals surface area (Å²) in [5.41, 5.74) is 5.81. The van der Waals surface area contributed by atoms with Gasteiger partial charge in [0.1, 0.15) is 11.4 Å². The molecule has 0 radical (unpaired) electrons. The predicted octanol–water partition coefficient (Wildman–Crippen LogP) is 1.26. The average Bonchev–Trinajstić information content (AvgIpc) is 3.19. The molecule has 0 atom stereocenters. The van der Waals surface area contributed by atoms with Crippen LogP contribution < -0.4 is 5.73 Å². The fraction of sp³-hybridized carbons (Fsp3) is 0.545. The van der Waals surface area contributed by atoms with Crippen LogP contribution in [0.4, 0.5) is 13.2 Å². The summed E-state index contributed by atoms with van der Waals surface area (Å²) in [5.74, 6) is 0. The molecule has 2 N–H and O–H groups in total. The minimum absolute atomic E-state index is 0.134. The van der Waals surface area contributed by atoms with Gasteiger partial charge in [-0.2, -0.15) is 17.5 Å². The van der Waals surface area contributed by atoms with Gasteiger partial charge in [0.15, 0.2) is 0 Å². The molecule has 0 unspecified atom stereocenters. The first-order valence-corrected chi connectivity index (χ1v) is 7.41. The maximum absolute atomic E-state index is 12.5. The van der Waals surface area contributed by atoms with Gasteiger partial charge in [-0.3, -0.25) is 4.98 Å². The Morgan fingerprint density at radius 2 is 2.00 bits per heavy atom. The van der Waals surface area contributed by atoms with Gasteiger partial charge in [-0.1, -0.05) is 0 Å². The lowest BCUT2D eigenvalue weighted by Crippen LogP contribution is -2.40. The second-order valence-electron chi connectivity index (χ2n) is 4.59. The molecule has 112 valence electrons. The topological polar surface area (TPSA) is 76.3 Å². The lowest BCUT2D eigenvalue weighted by molar-refractivity contribution is -0.137. The van der Waals surface area contributed by atoms with E-state index in [4.69, 9.17) is 5.73 Å². The second kappa shape index (κ2) is 5.30. The van der Waals surface area contributed by atoms with E-state index in [1.54, 1.807) is 0 Å². The monoisotopic (exact) mass is 309 g/mol. The fourth-order valence-corrected chi connectivity index (χ4v) is 3.39. The van der Waals surface area contributed by atoms with Crippen molar-refractivity contribution in [1.82, 2.24) is 9.29 Å². The molecule has 0 aliphatic heterocycles. The maximum Gasteiger partial charge on any atom is 0.402 e. The zero-order chi connectivity index (χ0) is 15.0. The van der Waals surface area contributed by atoms with Crippen LogP contribution in [0.5, 0.6) is 0 Å². The number of halogens is 3. The number of nitrogens with two attached hydrogens (primary N) is 1. The first-order valence-electron chi connectivity index (χ1n) is 5.97. The molecule has 20 heavy (non-hydrogen) atoms. The third-order valence-electron chi connectivity index (χ3n) is 2.90. The normalized spacial score (nSPS) is 16.6. The fourth-order valence-electron chi connectivity index (χ4n) is 1.77. The summed E-state index contributed by atoms with van der Waals surface area (Å²) < 4.78 is 62.6. The molecule has 0 amide bonds. The number of hydrogen-bond acceptors (Lipinski definition) is 4. The van der Waals surface area contributed by atoms with Crippen LogP contribution in [0.25, 0.3) is 0 Å². The van der Waals surface area contributed by atoms with E-state index in [1.165, 1.54) is 12.1 Å². The van der Waals surface area contributed by atoms with Crippen LogP contribution in [-0.2, 0) is 16.6 Å². The molecule has 1 aliphatic carbocycles. The van der Waals surface area contributed by atoms with Crippen molar-refractivity contribution in [3.63, 3.8) is 0 Å². The van der Waals surface area contributed by atoms with Crippen LogP contribution in [0, 0.1) is 0 Å². The predicted molar refractivity (Wildman–Crippen MR) is 65.1 cm³/mol. The zero-order valence-corrected chi connectivity index (χ0v) is 11.3. The van der Waals surface area contributed by atoms with Crippen LogP contribution >= 0.6 is 0 Å². The third kappa shape index (κ3) is 3.47. The van der Waals surface area contributed by atoms with Crippen molar-refractivity contribution in [1.29, 1.82) is 0 Å². The van der Waals surface area contributed by atoms with Crippen molar-refractivity contribution in [2.75, 3.05) is 6.54 Å². The summed E-state index contributed by atoms with van der Waals surface area (Å²) in [5, 5.41) is 0. The van der Waals surface area contributed by atoms with Gasteiger partial charge in [-0.05, 0) is 25.0 Å². The lowest BCUT2D eigenvalue weighted by atomic mass is 10.4. The highest BCUT2D eigenvalue weighted by molar-refractivity contribution is 7.89. The quantitative estimate of drug-likeness (QED) is 0.888. The number of hydrogen-bond donors (Lipinski definition) is 1. The van der Waals surface area contributed by atoms with E-state index in [-0.39, 0.29) is 11.4 Å². The lowest BCUT2D eigenvalue weighted by Gasteiger charge is -2.23. The van der Waals surface area contributed by atoms with Gasteiger partial charge in [0.2, 0.25) is 10.0 Å². The molecule has 0 saturated heterocycles. The van der Waals surface area contributed by atoms with Crippen LogP contribution in [-0.4, -0.2) is 36.5 Å². The first kappa shape index (κ1) is 15.2. The zero-order valence-electron chi connectivity index (χ0n) is 10.5. The Bertz CT molecular complexity index is 568. The highest BCUT2D eigenvalue weighted by Crippen LogP contribution is 2.34. The Hall–Kier alpha value is -1.19. The summed E-state index contributed by atoms with van der Waals surface area (Å²) in [6, 6.07) is 2.05. The summed E-state index contributed by atoms with van der Waals surface area (Å²) in [7, 11) is -4.19. The van der Waals surface area contributed by atoms with Crippen LogP contribution in [0.15, 0.2) is 23.2 Å². The molecule has 0 spiro atoms. The molecule has 1 aromatic heterocycles. The van der Waals surface area contributed by atoms with Crippen molar-refractivity contribution in [3.05, 3.63) is 24.0 Å². The maximum atomic E-state index is 12.5. The Morgan fingerprint density at radius 1 is 1.35 bits per heavy atom. The molecule has 1 aromatic rings. The minimum Gasteiger partial charge on any atom is -0.325 e. The number of alkyl halides is 3. The van der Waals surface area contributed by atoms with E-state index in [9.17, 15) is 21.6 Å². The van der Waals surface area contributed by atoms with E-state index in [2.05, 4.69) is 4.98 Å². The highest BCUT2D eigenvalue weighted by atomic mass is 32.2. The summed E-state index contributed by atoms with van der Waals surface area (Å²) in [6.45, 7) is -1.34. The van der Waals surface area contributed by atoms with E-state index >= 15 is 0 Å². The van der Waals surface area contributed by atoms with Crippen LogP contribution in [0.3, 0.4) is 0 Å². The van der Waals surface area contributed by atoms with Crippen molar-refractivity contribution in [3.8, 4) is 0 Å². The number of nitrogens with zero attached hydrogens (tertiary/aromatic N) is 2. The summed E-state index contributed by atoms with van der Waals surface area (Å²) in [4.78, 5) is 3.57. The van der Waals surface area contributed by atoms with E-state index in [0.29, 0.717) is 22.8 Å². The third-order valence-corrected chi connectivity index (χ3v) is 4.78. The number of rotatable bonds is 5. The van der Waals surface area contributed by atoms with E-state index in [1.807, 2.05) is 0 Å². The minimum atomic E-state index is -4.57.